The van der Waals surface area contributed by atoms with Crippen LogP contribution in [0.5, 0.6) is 17.2 Å². The Morgan fingerprint density at radius 2 is 0.857 bits per heavy atom. The topological polar surface area (TPSA) is 58.9 Å². The van der Waals surface area contributed by atoms with Gasteiger partial charge in [-0.3, -0.25) is 0 Å². The largest absolute Gasteiger partial charge is 0.507 e. The number of phenolic OH excluding ortho intramolecular Hbond substituents is 2. The first-order chi connectivity index (χ1) is 21.9. The number of benzene rings is 3. The van der Waals surface area contributed by atoms with Crippen LogP contribution in [0, 0.1) is 0 Å². The highest BCUT2D eigenvalue weighted by Gasteiger charge is 2.31. The lowest BCUT2D eigenvalue weighted by atomic mass is 9.75. The summed E-state index contributed by atoms with van der Waals surface area (Å²) in [4.78, 5) is 0. The van der Waals surface area contributed by atoms with E-state index in [0.29, 0.717) is 24.5 Å². The average Bonchev–Trinajstić information content (AvgIpc) is 2.89. The zero-order chi connectivity index (χ0) is 37.7. The van der Waals surface area contributed by atoms with E-state index in [9.17, 15) is 10.2 Å². The average molecular weight is 691 g/mol. The number of phenols is 2. The summed E-state index contributed by atoms with van der Waals surface area (Å²) in [5, 5.41) is 23.2. The summed E-state index contributed by atoms with van der Waals surface area (Å²) < 4.78 is 12.9. The van der Waals surface area contributed by atoms with Gasteiger partial charge in [0.25, 0.3) is 0 Å². The van der Waals surface area contributed by atoms with Crippen molar-refractivity contribution in [3.8, 4) is 28.4 Å². The summed E-state index contributed by atoms with van der Waals surface area (Å²) >= 11 is 0. The third kappa shape index (κ3) is 9.83. The van der Waals surface area contributed by atoms with Crippen molar-refractivity contribution < 1.29 is 19.3 Å². The van der Waals surface area contributed by atoms with Crippen LogP contribution in [0.25, 0.3) is 11.1 Å². The van der Waals surface area contributed by atoms with Gasteiger partial charge in [-0.05, 0) is 78.9 Å². The molecule has 0 bridgehead atoms. The van der Waals surface area contributed by atoms with Gasteiger partial charge in [-0.25, -0.2) is 0 Å². The molecule has 3 rings (SSSR count). The Balaban J connectivity index is 2.11. The molecule has 0 heterocycles. The SMILES string of the molecule is CC(C)(C)c1cc(-c2cc(C(C)(C)C)cc(C(C)(C)C)c2OPOCCc2cc(C(C)(C)C)c(O)c(C(C)(C)C)c2)c(O)c(C(C)(C)C)c1. The molecular weight excluding hydrogens is 623 g/mol. The van der Waals surface area contributed by atoms with E-state index in [1.807, 2.05) is 0 Å². The molecule has 0 fully saturated rings. The quantitative estimate of drug-likeness (QED) is 0.191. The van der Waals surface area contributed by atoms with Crippen LogP contribution in [0.1, 0.15) is 164 Å². The van der Waals surface area contributed by atoms with Gasteiger partial charge in [-0.15, -0.1) is 0 Å². The summed E-state index contributed by atoms with van der Waals surface area (Å²) in [5.41, 5.74) is 8.05. The molecule has 0 spiro atoms. The van der Waals surface area contributed by atoms with Gasteiger partial charge in [0.15, 0.2) is 0 Å². The van der Waals surface area contributed by atoms with Gasteiger partial charge in [-0.2, -0.15) is 0 Å². The zero-order valence-corrected chi connectivity index (χ0v) is 35.1. The van der Waals surface area contributed by atoms with E-state index < -0.39 is 0 Å². The van der Waals surface area contributed by atoms with E-state index in [1.54, 1.807) is 0 Å². The van der Waals surface area contributed by atoms with Crippen LogP contribution >= 0.6 is 9.03 Å². The Morgan fingerprint density at radius 3 is 1.27 bits per heavy atom. The van der Waals surface area contributed by atoms with E-state index in [4.69, 9.17) is 9.05 Å². The second-order valence-corrected chi connectivity index (χ2v) is 20.8. The highest BCUT2D eigenvalue weighted by Crippen LogP contribution is 2.50. The lowest BCUT2D eigenvalue weighted by Gasteiger charge is -2.31. The molecule has 272 valence electrons. The van der Waals surface area contributed by atoms with E-state index in [2.05, 4.69) is 161 Å². The van der Waals surface area contributed by atoms with Gasteiger partial charge >= 0.3 is 0 Å². The fourth-order valence-electron chi connectivity index (χ4n) is 6.04. The maximum Gasteiger partial charge on any atom is 0.215 e. The van der Waals surface area contributed by atoms with Crippen molar-refractivity contribution in [2.75, 3.05) is 6.61 Å². The standard InChI is InChI=1S/C44H67O4P/c1-39(2,3)28-23-30(36(45)34(25-28)43(13,14)15)31-24-29(40(4,5)6)26-35(44(16,17)18)38(31)48-49-47-20-19-27-21-32(41(7,8)9)37(46)33(22-27)42(10,11)12/h21-26,45-46,49H,19-20H2,1-18H3. The molecule has 3 aromatic rings. The molecule has 0 saturated carbocycles. The monoisotopic (exact) mass is 690 g/mol. The third-order valence-electron chi connectivity index (χ3n) is 9.32. The number of hydrogen-bond acceptors (Lipinski definition) is 4. The van der Waals surface area contributed by atoms with Crippen LogP contribution in [0.2, 0.25) is 0 Å². The summed E-state index contributed by atoms with van der Waals surface area (Å²) in [6.07, 6.45) is 0.702. The van der Waals surface area contributed by atoms with Crippen LogP contribution in [-0.2, 0) is 43.4 Å². The summed E-state index contributed by atoms with van der Waals surface area (Å²) in [6, 6.07) is 13.0. The molecule has 0 radical (unpaired) electrons. The van der Waals surface area contributed by atoms with Crippen LogP contribution in [-0.4, -0.2) is 16.8 Å². The molecule has 1 atom stereocenters. The van der Waals surface area contributed by atoms with E-state index >= 15 is 0 Å². The molecule has 2 N–H and O–H groups in total. The van der Waals surface area contributed by atoms with Crippen LogP contribution < -0.4 is 4.52 Å². The molecule has 0 saturated heterocycles. The second-order valence-electron chi connectivity index (χ2n) is 20.1. The zero-order valence-electron chi connectivity index (χ0n) is 34.1. The minimum Gasteiger partial charge on any atom is -0.507 e. The fraction of sp³-hybridized carbons (Fsp3) is 0.591. The Kier molecular flexibility index (Phi) is 11.6. The Bertz CT molecular complexity index is 1600. The lowest BCUT2D eigenvalue weighted by Crippen LogP contribution is -2.19. The first kappa shape index (κ1) is 40.9. The van der Waals surface area contributed by atoms with Gasteiger partial charge in [0, 0.05) is 22.3 Å². The molecule has 0 amide bonds. The van der Waals surface area contributed by atoms with Crippen LogP contribution in [0.15, 0.2) is 36.4 Å². The van der Waals surface area contributed by atoms with E-state index in [1.165, 1.54) is 11.1 Å². The van der Waals surface area contributed by atoms with Gasteiger partial charge in [0.2, 0.25) is 9.03 Å². The van der Waals surface area contributed by atoms with Crippen LogP contribution in [0.3, 0.4) is 0 Å². The Labute approximate surface area is 301 Å². The molecule has 0 aliphatic carbocycles. The predicted molar refractivity (Wildman–Crippen MR) is 212 cm³/mol. The molecule has 5 heteroatoms. The lowest BCUT2D eigenvalue weighted by molar-refractivity contribution is 0.331. The van der Waals surface area contributed by atoms with Crippen molar-refractivity contribution in [1.29, 1.82) is 0 Å². The summed E-state index contributed by atoms with van der Waals surface area (Å²) in [7, 11) is -0.230. The molecule has 0 aromatic heterocycles. The molecule has 49 heavy (non-hydrogen) atoms. The smallest absolute Gasteiger partial charge is 0.215 e. The minimum absolute atomic E-state index is 0.113. The Hall–Kier alpha value is -2.55. The fourth-order valence-corrected chi connectivity index (χ4v) is 6.58. The third-order valence-corrected chi connectivity index (χ3v) is 9.93. The highest BCUT2D eigenvalue weighted by atomic mass is 31.1. The van der Waals surface area contributed by atoms with Gasteiger partial charge < -0.3 is 19.3 Å². The second kappa shape index (κ2) is 13.9. The highest BCUT2D eigenvalue weighted by molar-refractivity contribution is 7.26. The summed E-state index contributed by atoms with van der Waals surface area (Å²) in [6.45, 7) is 39.8. The number of hydrogen-bond donors (Lipinski definition) is 2. The first-order valence-electron chi connectivity index (χ1n) is 17.9. The number of rotatable bonds is 7. The van der Waals surface area contributed by atoms with E-state index in [0.717, 1.165) is 44.7 Å². The molecular formula is C44H67O4P. The van der Waals surface area contributed by atoms with Crippen LogP contribution in [0.4, 0.5) is 0 Å². The molecule has 0 aliphatic rings. The van der Waals surface area contributed by atoms with Crippen molar-refractivity contribution >= 4 is 9.03 Å². The predicted octanol–water partition coefficient (Wildman–Crippen LogP) is 12.7. The van der Waals surface area contributed by atoms with Gasteiger partial charge in [0.05, 0.1) is 6.61 Å². The summed E-state index contributed by atoms with van der Waals surface area (Å²) in [5.74, 6) is 1.45. The molecule has 0 aliphatic heterocycles. The van der Waals surface area contributed by atoms with E-state index in [-0.39, 0.29) is 41.5 Å². The first-order valence-corrected chi connectivity index (χ1v) is 18.7. The molecule has 1 unspecified atom stereocenters. The maximum atomic E-state index is 12.0. The molecule has 4 nitrogen and oxygen atoms in total. The van der Waals surface area contributed by atoms with Gasteiger partial charge in [-0.1, -0.05) is 149 Å². The molecule has 3 aromatic carbocycles. The van der Waals surface area contributed by atoms with Gasteiger partial charge in [0.1, 0.15) is 17.2 Å². The van der Waals surface area contributed by atoms with Crippen molar-refractivity contribution in [2.45, 2.75) is 164 Å². The number of aromatic hydroxyl groups is 2. The van der Waals surface area contributed by atoms with Crippen molar-refractivity contribution in [1.82, 2.24) is 0 Å². The van der Waals surface area contributed by atoms with Crippen molar-refractivity contribution in [3.63, 3.8) is 0 Å². The van der Waals surface area contributed by atoms with Crippen molar-refractivity contribution in [3.05, 3.63) is 75.3 Å². The minimum atomic E-state index is -0.256. The van der Waals surface area contributed by atoms with Crippen molar-refractivity contribution in [2.24, 2.45) is 0 Å². The Morgan fingerprint density at radius 1 is 0.469 bits per heavy atom. The normalized spacial score (nSPS) is 13.8. The maximum absolute atomic E-state index is 12.0.